The molecule has 1 fully saturated rings. The monoisotopic (exact) mass is 337 g/mol. The van der Waals surface area contributed by atoms with Gasteiger partial charge in [-0.15, -0.1) is 0 Å². The number of hydrogen-bond acceptors (Lipinski definition) is 3. The number of para-hydroxylation sites is 2. The van der Waals surface area contributed by atoms with Gasteiger partial charge in [0, 0.05) is 12.1 Å². The van der Waals surface area contributed by atoms with E-state index in [0.717, 1.165) is 6.42 Å². The highest BCUT2D eigenvalue weighted by Crippen LogP contribution is 2.34. The molecule has 0 radical (unpaired) electrons. The van der Waals surface area contributed by atoms with Gasteiger partial charge in [-0.05, 0) is 24.6 Å². The third-order valence-electron chi connectivity index (χ3n) is 4.65. The van der Waals surface area contributed by atoms with E-state index < -0.39 is 0 Å². The molecule has 0 N–H and O–H groups in total. The fourth-order valence-corrected chi connectivity index (χ4v) is 3.26. The van der Waals surface area contributed by atoms with Crippen LogP contribution in [0, 0.1) is 5.82 Å². The molecule has 1 atom stereocenters. The van der Waals surface area contributed by atoms with Gasteiger partial charge in [-0.1, -0.05) is 30.3 Å². The van der Waals surface area contributed by atoms with E-state index in [9.17, 15) is 14.0 Å². The average molecular weight is 337 g/mol. The Morgan fingerprint density at radius 2 is 1.92 bits per heavy atom. The second-order valence-corrected chi connectivity index (χ2v) is 6.08. The first kappa shape index (κ1) is 15.5. The van der Waals surface area contributed by atoms with Gasteiger partial charge in [-0.25, -0.2) is 9.37 Å². The van der Waals surface area contributed by atoms with Crippen LogP contribution in [0.15, 0.2) is 59.5 Å². The zero-order valence-electron chi connectivity index (χ0n) is 13.4. The maximum Gasteiger partial charge on any atom is 0.269 e. The molecule has 0 aliphatic carbocycles. The predicted molar refractivity (Wildman–Crippen MR) is 91.5 cm³/mol. The van der Waals surface area contributed by atoms with Crippen LogP contribution in [0.2, 0.25) is 0 Å². The van der Waals surface area contributed by atoms with Gasteiger partial charge in [0.15, 0.2) is 0 Å². The van der Waals surface area contributed by atoms with E-state index in [-0.39, 0.29) is 29.9 Å². The topological polar surface area (TPSA) is 55.2 Å². The first-order valence-electron chi connectivity index (χ1n) is 8.13. The SMILES string of the molecule is O=C(Cn1c(=O)cnc2ccccc21)N1CCC1c1ccccc1F. The molecule has 1 saturated heterocycles. The van der Waals surface area contributed by atoms with Gasteiger partial charge in [-0.3, -0.25) is 14.2 Å². The lowest BCUT2D eigenvalue weighted by atomic mass is 9.94. The van der Waals surface area contributed by atoms with Crippen molar-refractivity contribution < 1.29 is 9.18 Å². The second kappa shape index (κ2) is 6.12. The Balaban J connectivity index is 1.62. The molecule has 5 nitrogen and oxygen atoms in total. The summed E-state index contributed by atoms with van der Waals surface area (Å²) >= 11 is 0. The highest BCUT2D eigenvalue weighted by Gasteiger charge is 2.34. The van der Waals surface area contributed by atoms with E-state index in [4.69, 9.17) is 0 Å². The smallest absolute Gasteiger partial charge is 0.269 e. The summed E-state index contributed by atoms with van der Waals surface area (Å²) in [5.74, 6) is -0.505. The molecule has 3 aromatic rings. The van der Waals surface area contributed by atoms with Gasteiger partial charge in [0.25, 0.3) is 5.56 Å². The number of fused-ring (bicyclic) bond motifs is 1. The van der Waals surface area contributed by atoms with Crippen LogP contribution >= 0.6 is 0 Å². The lowest BCUT2D eigenvalue weighted by Gasteiger charge is -2.41. The van der Waals surface area contributed by atoms with E-state index in [1.807, 2.05) is 6.07 Å². The third-order valence-corrected chi connectivity index (χ3v) is 4.65. The summed E-state index contributed by atoms with van der Waals surface area (Å²) in [5.41, 5.74) is 1.47. The quantitative estimate of drug-likeness (QED) is 0.738. The Bertz CT molecular complexity index is 1010. The fraction of sp³-hybridized carbons (Fsp3) is 0.211. The zero-order valence-corrected chi connectivity index (χ0v) is 13.4. The van der Waals surface area contributed by atoms with Gasteiger partial charge < -0.3 is 4.90 Å². The van der Waals surface area contributed by atoms with Crippen molar-refractivity contribution >= 4 is 16.9 Å². The molecule has 1 aromatic heterocycles. The minimum Gasteiger partial charge on any atom is -0.334 e. The first-order valence-corrected chi connectivity index (χ1v) is 8.13. The van der Waals surface area contributed by atoms with E-state index in [1.165, 1.54) is 16.8 Å². The van der Waals surface area contributed by atoms with Gasteiger partial charge in [0.05, 0.1) is 23.3 Å². The highest BCUT2D eigenvalue weighted by molar-refractivity contribution is 5.81. The van der Waals surface area contributed by atoms with Gasteiger partial charge in [0.2, 0.25) is 5.91 Å². The lowest BCUT2D eigenvalue weighted by Crippen LogP contribution is -2.47. The minimum absolute atomic E-state index is 0.0766. The lowest BCUT2D eigenvalue weighted by molar-refractivity contribution is -0.139. The first-order chi connectivity index (χ1) is 12.1. The van der Waals surface area contributed by atoms with Crippen molar-refractivity contribution in [2.75, 3.05) is 6.54 Å². The number of amides is 1. The fourth-order valence-electron chi connectivity index (χ4n) is 3.26. The normalized spacial score (nSPS) is 16.7. The Morgan fingerprint density at radius 3 is 2.68 bits per heavy atom. The molecule has 0 spiro atoms. The Hall–Kier alpha value is -3.02. The number of hydrogen-bond donors (Lipinski definition) is 0. The van der Waals surface area contributed by atoms with Crippen molar-refractivity contribution in [2.24, 2.45) is 0 Å². The van der Waals surface area contributed by atoms with Crippen molar-refractivity contribution in [3.8, 4) is 0 Å². The van der Waals surface area contributed by atoms with Crippen molar-refractivity contribution in [1.29, 1.82) is 0 Å². The maximum absolute atomic E-state index is 14.0. The summed E-state index contributed by atoms with van der Waals surface area (Å²) in [6, 6.07) is 13.4. The Morgan fingerprint density at radius 1 is 1.16 bits per heavy atom. The molecule has 1 unspecified atom stereocenters. The van der Waals surface area contributed by atoms with Gasteiger partial charge in [-0.2, -0.15) is 0 Å². The molecular formula is C19H16FN3O2. The van der Waals surface area contributed by atoms with Gasteiger partial charge in [0.1, 0.15) is 12.4 Å². The van der Waals surface area contributed by atoms with E-state index in [0.29, 0.717) is 23.1 Å². The van der Waals surface area contributed by atoms with Crippen LogP contribution in [0.1, 0.15) is 18.0 Å². The number of carbonyl (C=O) groups excluding carboxylic acids is 1. The van der Waals surface area contributed by atoms with Crippen LogP contribution in [-0.2, 0) is 11.3 Å². The summed E-state index contributed by atoms with van der Waals surface area (Å²) in [6.07, 6.45) is 1.94. The minimum atomic E-state index is -0.324. The summed E-state index contributed by atoms with van der Waals surface area (Å²) < 4.78 is 15.4. The average Bonchev–Trinajstić information content (AvgIpc) is 2.58. The van der Waals surface area contributed by atoms with Crippen molar-refractivity contribution in [3.63, 3.8) is 0 Å². The molecule has 0 saturated carbocycles. The van der Waals surface area contributed by atoms with Crippen molar-refractivity contribution in [3.05, 3.63) is 76.5 Å². The highest BCUT2D eigenvalue weighted by atomic mass is 19.1. The molecular weight excluding hydrogens is 321 g/mol. The molecule has 1 amide bonds. The standard InChI is InChI=1S/C19H16FN3O2/c20-14-6-2-1-5-13(14)16-9-10-22(16)19(25)12-23-17-8-4-3-7-15(17)21-11-18(23)24/h1-8,11,16H,9-10,12H2. The van der Waals surface area contributed by atoms with Crippen LogP contribution in [0.25, 0.3) is 11.0 Å². The number of benzene rings is 2. The van der Waals surface area contributed by atoms with Crippen molar-refractivity contribution in [2.45, 2.75) is 19.0 Å². The predicted octanol–water partition coefficient (Wildman–Crippen LogP) is 2.51. The molecule has 2 heterocycles. The van der Waals surface area contributed by atoms with Crippen LogP contribution < -0.4 is 5.56 Å². The third kappa shape index (κ3) is 2.69. The van der Waals surface area contributed by atoms with Crippen LogP contribution in [0.5, 0.6) is 0 Å². The number of likely N-dealkylation sites (tertiary alicyclic amines) is 1. The molecule has 2 aromatic carbocycles. The summed E-state index contributed by atoms with van der Waals surface area (Å²) in [4.78, 5) is 30.6. The second-order valence-electron chi connectivity index (χ2n) is 6.08. The van der Waals surface area contributed by atoms with E-state index in [1.54, 1.807) is 41.3 Å². The number of carbonyl (C=O) groups is 1. The summed E-state index contributed by atoms with van der Waals surface area (Å²) in [5, 5.41) is 0. The molecule has 4 rings (SSSR count). The van der Waals surface area contributed by atoms with Crippen LogP contribution in [0.3, 0.4) is 0 Å². The molecule has 1 aliphatic heterocycles. The Labute approximate surface area is 143 Å². The summed E-state index contributed by atoms with van der Waals surface area (Å²) in [6.45, 7) is 0.489. The van der Waals surface area contributed by atoms with Crippen molar-refractivity contribution in [1.82, 2.24) is 14.5 Å². The van der Waals surface area contributed by atoms with Crippen LogP contribution in [0.4, 0.5) is 4.39 Å². The van der Waals surface area contributed by atoms with Crippen LogP contribution in [-0.4, -0.2) is 26.9 Å². The summed E-state index contributed by atoms with van der Waals surface area (Å²) in [7, 11) is 0. The molecule has 1 aliphatic rings. The largest absolute Gasteiger partial charge is 0.334 e. The molecule has 0 bridgehead atoms. The molecule has 6 heteroatoms. The maximum atomic E-state index is 14.0. The number of aromatic nitrogens is 2. The number of nitrogens with zero attached hydrogens (tertiary/aromatic N) is 3. The molecule has 126 valence electrons. The van der Waals surface area contributed by atoms with Gasteiger partial charge >= 0.3 is 0 Å². The number of halogens is 1. The van der Waals surface area contributed by atoms with E-state index in [2.05, 4.69) is 4.98 Å². The number of rotatable bonds is 3. The molecule has 25 heavy (non-hydrogen) atoms. The Kier molecular flexibility index (Phi) is 3.80. The van der Waals surface area contributed by atoms with E-state index >= 15 is 0 Å². The zero-order chi connectivity index (χ0) is 17.4.